The van der Waals surface area contributed by atoms with Crippen molar-refractivity contribution in [2.24, 2.45) is 5.41 Å². The molecule has 3 amide bonds. The summed E-state index contributed by atoms with van der Waals surface area (Å²) in [5.74, 6) is 0.300. The van der Waals surface area contributed by atoms with E-state index in [9.17, 15) is 14.4 Å². The molecule has 7 nitrogen and oxygen atoms in total. The predicted molar refractivity (Wildman–Crippen MR) is 114 cm³/mol. The van der Waals surface area contributed by atoms with Crippen molar-refractivity contribution >= 4 is 29.1 Å². The topological polar surface area (TPSA) is 70.2 Å². The fourth-order valence-electron chi connectivity index (χ4n) is 5.34. The van der Waals surface area contributed by atoms with E-state index >= 15 is 0 Å². The van der Waals surface area contributed by atoms with Crippen LogP contribution in [0.4, 0.5) is 0 Å². The van der Waals surface area contributed by atoms with Crippen LogP contribution >= 0.6 is 11.3 Å². The van der Waals surface area contributed by atoms with Gasteiger partial charge in [-0.25, -0.2) is 0 Å². The van der Waals surface area contributed by atoms with Crippen molar-refractivity contribution in [2.45, 2.75) is 44.6 Å². The summed E-state index contributed by atoms with van der Waals surface area (Å²) in [6.45, 7) is 3.51. The lowest BCUT2D eigenvalue weighted by molar-refractivity contribution is -0.166. The van der Waals surface area contributed by atoms with E-state index in [1.54, 1.807) is 18.4 Å². The fourth-order valence-corrected chi connectivity index (χ4v) is 6.01. The second-order valence-electron chi connectivity index (χ2n) is 8.66. The van der Waals surface area contributed by atoms with Gasteiger partial charge in [-0.1, -0.05) is 0 Å². The molecule has 0 radical (unpaired) electrons. The summed E-state index contributed by atoms with van der Waals surface area (Å²) in [4.78, 5) is 45.3. The van der Waals surface area contributed by atoms with Crippen LogP contribution in [0, 0.1) is 5.41 Å². The highest BCUT2D eigenvalue weighted by molar-refractivity contribution is 7.08. The molecule has 0 spiro atoms. The third kappa shape index (κ3) is 3.99. The van der Waals surface area contributed by atoms with Gasteiger partial charge in [0, 0.05) is 52.3 Å². The van der Waals surface area contributed by atoms with Crippen molar-refractivity contribution < 1.29 is 19.1 Å². The van der Waals surface area contributed by atoms with Crippen molar-refractivity contribution in [3.63, 3.8) is 0 Å². The van der Waals surface area contributed by atoms with Gasteiger partial charge < -0.3 is 19.4 Å². The van der Waals surface area contributed by atoms with Crippen LogP contribution < -0.4 is 0 Å². The number of hydrogen-bond donors (Lipinski definition) is 0. The summed E-state index contributed by atoms with van der Waals surface area (Å²) in [7, 11) is 1.63. The number of likely N-dealkylation sites (tertiary alicyclic amines) is 3. The van der Waals surface area contributed by atoms with Crippen molar-refractivity contribution in [1.82, 2.24) is 14.7 Å². The third-order valence-corrected chi connectivity index (χ3v) is 7.64. The lowest BCUT2D eigenvalue weighted by Crippen LogP contribution is -2.68. The highest BCUT2D eigenvalue weighted by Gasteiger charge is 2.56. The van der Waals surface area contributed by atoms with E-state index < -0.39 is 5.41 Å². The average molecular weight is 434 g/mol. The number of carbonyl (C=O) groups is 3. The molecule has 3 aliphatic rings. The number of fused-ring (bicyclic) bond motifs is 1. The van der Waals surface area contributed by atoms with Crippen molar-refractivity contribution in [3.8, 4) is 0 Å². The lowest BCUT2D eigenvalue weighted by Gasteiger charge is -2.54. The maximum absolute atomic E-state index is 13.8. The molecule has 0 aliphatic carbocycles. The molecular weight excluding hydrogens is 402 g/mol. The van der Waals surface area contributed by atoms with E-state index in [1.807, 2.05) is 31.5 Å². The molecule has 1 aromatic heterocycles. The molecule has 3 aliphatic heterocycles. The average Bonchev–Trinajstić information content (AvgIpc) is 3.46. The lowest BCUT2D eigenvalue weighted by atomic mass is 9.67. The van der Waals surface area contributed by atoms with Gasteiger partial charge in [0.2, 0.25) is 17.7 Å². The van der Waals surface area contributed by atoms with E-state index in [-0.39, 0.29) is 23.8 Å². The van der Waals surface area contributed by atoms with Crippen molar-refractivity contribution in [2.75, 3.05) is 46.4 Å². The Bertz CT molecular complexity index is 777. The van der Waals surface area contributed by atoms with Gasteiger partial charge in [-0.2, -0.15) is 11.3 Å². The monoisotopic (exact) mass is 433 g/mol. The fraction of sp³-hybridized carbons (Fsp3) is 0.682. The quantitative estimate of drug-likeness (QED) is 0.686. The van der Waals surface area contributed by atoms with Crippen LogP contribution in [0.5, 0.6) is 0 Å². The molecule has 0 bridgehead atoms. The summed E-state index contributed by atoms with van der Waals surface area (Å²) in [5.41, 5.74) is 0.321. The molecule has 0 saturated carbocycles. The number of piperidine rings is 2. The largest absolute Gasteiger partial charge is 0.383 e. The minimum Gasteiger partial charge on any atom is -0.383 e. The van der Waals surface area contributed by atoms with Crippen LogP contribution in [-0.2, 0) is 25.5 Å². The SMILES string of the molecule is COCCN1C(=O)CC[C@]2(C(=O)N3CCCC3)CN(C(=O)Cc3ccsc3)CC[C@@H]12. The molecular formula is C22H31N3O4S. The Balaban J connectivity index is 1.59. The van der Waals surface area contributed by atoms with Crippen molar-refractivity contribution in [1.29, 1.82) is 0 Å². The van der Waals surface area contributed by atoms with Gasteiger partial charge in [0.25, 0.3) is 0 Å². The molecule has 0 aromatic carbocycles. The molecule has 3 saturated heterocycles. The van der Waals surface area contributed by atoms with Crippen LogP contribution in [0.15, 0.2) is 16.8 Å². The molecule has 0 unspecified atom stereocenters. The molecule has 30 heavy (non-hydrogen) atoms. The third-order valence-electron chi connectivity index (χ3n) is 6.91. The van der Waals surface area contributed by atoms with Crippen LogP contribution in [0.25, 0.3) is 0 Å². The van der Waals surface area contributed by atoms with Gasteiger partial charge in [-0.15, -0.1) is 0 Å². The number of rotatable bonds is 6. The molecule has 4 heterocycles. The predicted octanol–water partition coefficient (Wildman–Crippen LogP) is 1.77. The molecule has 8 heteroatoms. The van der Waals surface area contributed by atoms with E-state index in [0.29, 0.717) is 51.9 Å². The summed E-state index contributed by atoms with van der Waals surface area (Å²) in [6.07, 6.45) is 3.95. The minimum absolute atomic E-state index is 0.0702. The Morgan fingerprint density at radius 2 is 2.03 bits per heavy atom. The van der Waals surface area contributed by atoms with Gasteiger partial charge in [0.05, 0.1) is 18.4 Å². The maximum Gasteiger partial charge on any atom is 0.232 e. The zero-order valence-corrected chi connectivity index (χ0v) is 18.5. The smallest absolute Gasteiger partial charge is 0.232 e. The molecule has 4 rings (SSSR count). The van der Waals surface area contributed by atoms with Crippen LogP contribution in [-0.4, -0.2) is 84.9 Å². The Morgan fingerprint density at radius 3 is 2.73 bits per heavy atom. The number of thiophene rings is 1. The molecule has 0 N–H and O–H groups in total. The molecule has 2 atom stereocenters. The first kappa shape index (κ1) is 21.3. The van der Waals surface area contributed by atoms with Gasteiger partial charge in [0.1, 0.15) is 0 Å². The molecule has 3 fully saturated rings. The van der Waals surface area contributed by atoms with Crippen LogP contribution in [0.3, 0.4) is 0 Å². The minimum atomic E-state index is -0.700. The molecule has 164 valence electrons. The summed E-state index contributed by atoms with van der Waals surface area (Å²) >= 11 is 1.59. The first-order valence-electron chi connectivity index (χ1n) is 10.9. The second kappa shape index (κ2) is 9.06. The molecule has 1 aromatic rings. The zero-order chi connectivity index (χ0) is 21.1. The van der Waals surface area contributed by atoms with E-state index in [2.05, 4.69) is 0 Å². The normalized spacial score (nSPS) is 26.8. The van der Waals surface area contributed by atoms with Crippen LogP contribution in [0.2, 0.25) is 0 Å². The van der Waals surface area contributed by atoms with Crippen molar-refractivity contribution in [3.05, 3.63) is 22.4 Å². The Labute approximate surface area is 182 Å². The second-order valence-corrected chi connectivity index (χ2v) is 9.44. The highest BCUT2D eigenvalue weighted by Crippen LogP contribution is 2.44. The first-order valence-corrected chi connectivity index (χ1v) is 11.9. The summed E-state index contributed by atoms with van der Waals surface area (Å²) in [5, 5.41) is 3.98. The van der Waals surface area contributed by atoms with E-state index in [1.165, 1.54) is 0 Å². The number of hydrogen-bond acceptors (Lipinski definition) is 5. The number of carbonyl (C=O) groups excluding carboxylic acids is 3. The number of amides is 3. The van der Waals surface area contributed by atoms with Gasteiger partial charge in [-0.3, -0.25) is 14.4 Å². The number of methoxy groups -OCH3 is 1. The summed E-state index contributed by atoms with van der Waals surface area (Å²) in [6, 6.07) is 1.82. The zero-order valence-electron chi connectivity index (χ0n) is 17.7. The Kier molecular flexibility index (Phi) is 6.43. The number of ether oxygens (including phenoxy) is 1. The summed E-state index contributed by atoms with van der Waals surface area (Å²) < 4.78 is 5.23. The Morgan fingerprint density at radius 1 is 1.23 bits per heavy atom. The standard InChI is InChI=1S/C22H31N3O4S/c1-29-12-11-25-18-5-10-24(20(27)14-17-6-13-30-15-17)16-22(18,7-4-19(25)26)21(28)23-8-2-3-9-23/h6,13,15,18H,2-5,7-12,14,16H2,1H3/t18-,22+/m1/s1. The maximum atomic E-state index is 13.8. The van der Waals surface area contributed by atoms with E-state index in [4.69, 9.17) is 4.74 Å². The first-order chi connectivity index (χ1) is 14.5. The van der Waals surface area contributed by atoms with Crippen LogP contribution in [0.1, 0.15) is 37.7 Å². The van der Waals surface area contributed by atoms with Gasteiger partial charge >= 0.3 is 0 Å². The Hall–Kier alpha value is -1.93. The highest BCUT2D eigenvalue weighted by atomic mass is 32.1. The number of nitrogens with zero attached hydrogens (tertiary/aromatic N) is 3. The van der Waals surface area contributed by atoms with Gasteiger partial charge in [0.15, 0.2) is 0 Å². The van der Waals surface area contributed by atoms with E-state index in [0.717, 1.165) is 31.5 Å². The van der Waals surface area contributed by atoms with Gasteiger partial charge in [-0.05, 0) is 48.1 Å².